The van der Waals surface area contributed by atoms with Gasteiger partial charge in [0.1, 0.15) is 0 Å². The van der Waals surface area contributed by atoms with Crippen LogP contribution in [-0.2, 0) is 18.4 Å². The number of rotatable bonds is 6. The van der Waals surface area contributed by atoms with E-state index < -0.39 is 0 Å². The molecule has 0 saturated heterocycles. The fourth-order valence-corrected chi connectivity index (χ4v) is 2.69. The number of aliphatic imine (C=N–C) groups is 1. The van der Waals surface area contributed by atoms with Crippen LogP contribution in [0.4, 0.5) is 0 Å². The van der Waals surface area contributed by atoms with Crippen molar-refractivity contribution in [2.24, 2.45) is 4.99 Å². The number of guanidine groups is 1. The summed E-state index contributed by atoms with van der Waals surface area (Å²) in [5.74, 6) is 0.795. The van der Waals surface area contributed by atoms with Gasteiger partial charge in [0.25, 0.3) is 0 Å². The van der Waals surface area contributed by atoms with Crippen molar-refractivity contribution in [2.75, 3.05) is 13.6 Å². The Bertz CT molecular complexity index is 708. The summed E-state index contributed by atoms with van der Waals surface area (Å²) in [5, 5.41) is 6.78. The summed E-state index contributed by atoms with van der Waals surface area (Å²) in [5.41, 5.74) is 4.94. The van der Waals surface area contributed by atoms with E-state index in [1.54, 1.807) is 7.05 Å². The standard InChI is InChI=1S/C21H30N4.HI/c1-6-17-9-11-18(12-10-17)21(3,4)15-25-20(22-5)24-14-19-16(2)8-7-13-23-19;/h7-13H,6,14-15H2,1-5H3,(H2,22,24,25);1H. The second-order valence-electron chi connectivity index (χ2n) is 6.98. The van der Waals surface area contributed by atoms with E-state index in [1.807, 2.05) is 12.3 Å². The Hall–Kier alpha value is -1.63. The molecule has 0 radical (unpaired) electrons. The Morgan fingerprint density at radius 3 is 2.38 bits per heavy atom. The van der Waals surface area contributed by atoms with Crippen LogP contribution in [0, 0.1) is 6.92 Å². The van der Waals surface area contributed by atoms with Crippen LogP contribution in [0.5, 0.6) is 0 Å². The molecule has 0 aliphatic rings. The second kappa shape index (κ2) is 10.5. The number of hydrogen-bond acceptors (Lipinski definition) is 2. The topological polar surface area (TPSA) is 49.3 Å². The first-order valence-corrected chi connectivity index (χ1v) is 8.90. The number of aryl methyl sites for hydroxylation is 2. The lowest BCUT2D eigenvalue weighted by Gasteiger charge is -2.27. The molecule has 2 aromatic rings. The third-order valence-electron chi connectivity index (χ3n) is 4.61. The predicted octanol–water partition coefficient (Wildman–Crippen LogP) is 4.21. The molecule has 0 aliphatic heterocycles. The van der Waals surface area contributed by atoms with Gasteiger partial charge < -0.3 is 10.6 Å². The van der Waals surface area contributed by atoms with Gasteiger partial charge >= 0.3 is 0 Å². The number of halogens is 1. The average Bonchev–Trinajstić information content (AvgIpc) is 2.63. The number of nitrogens with one attached hydrogen (secondary N) is 2. The SMILES string of the molecule is CCc1ccc(C(C)(C)CNC(=NC)NCc2ncccc2C)cc1.I. The van der Waals surface area contributed by atoms with Crippen LogP contribution in [0.15, 0.2) is 47.6 Å². The third-order valence-corrected chi connectivity index (χ3v) is 4.61. The Morgan fingerprint density at radius 1 is 1.12 bits per heavy atom. The molecule has 0 fully saturated rings. The molecule has 0 amide bonds. The lowest BCUT2D eigenvalue weighted by Crippen LogP contribution is -2.43. The van der Waals surface area contributed by atoms with Crippen molar-refractivity contribution in [2.45, 2.75) is 46.1 Å². The maximum Gasteiger partial charge on any atom is 0.191 e. The highest BCUT2D eigenvalue weighted by molar-refractivity contribution is 14.0. The van der Waals surface area contributed by atoms with Gasteiger partial charge in [0.2, 0.25) is 0 Å². The van der Waals surface area contributed by atoms with Crippen LogP contribution in [0.3, 0.4) is 0 Å². The molecule has 1 heterocycles. The average molecular weight is 466 g/mol. The summed E-state index contributed by atoms with van der Waals surface area (Å²) in [6, 6.07) is 12.9. The summed E-state index contributed by atoms with van der Waals surface area (Å²) < 4.78 is 0. The van der Waals surface area contributed by atoms with E-state index in [2.05, 4.69) is 78.6 Å². The van der Waals surface area contributed by atoms with Crippen LogP contribution < -0.4 is 10.6 Å². The highest BCUT2D eigenvalue weighted by atomic mass is 127. The van der Waals surface area contributed by atoms with Crippen molar-refractivity contribution >= 4 is 29.9 Å². The molecule has 2 N–H and O–H groups in total. The largest absolute Gasteiger partial charge is 0.356 e. The molecule has 5 heteroatoms. The van der Waals surface area contributed by atoms with E-state index in [4.69, 9.17) is 0 Å². The van der Waals surface area contributed by atoms with Crippen molar-refractivity contribution in [3.8, 4) is 0 Å². The zero-order valence-corrected chi connectivity index (χ0v) is 18.8. The fourth-order valence-electron chi connectivity index (χ4n) is 2.69. The smallest absolute Gasteiger partial charge is 0.191 e. The van der Waals surface area contributed by atoms with Gasteiger partial charge in [0.15, 0.2) is 5.96 Å². The molecule has 0 aliphatic carbocycles. The molecule has 142 valence electrons. The van der Waals surface area contributed by atoms with Gasteiger partial charge in [-0.1, -0.05) is 51.1 Å². The monoisotopic (exact) mass is 466 g/mol. The van der Waals surface area contributed by atoms with E-state index in [9.17, 15) is 0 Å². The molecule has 1 aromatic carbocycles. The third kappa shape index (κ3) is 6.27. The van der Waals surface area contributed by atoms with E-state index in [-0.39, 0.29) is 29.4 Å². The van der Waals surface area contributed by atoms with Crippen LogP contribution in [0.1, 0.15) is 43.2 Å². The molecule has 4 nitrogen and oxygen atoms in total. The van der Waals surface area contributed by atoms with Crippen molar-refractivity contribution in [3.05, 3.63) is 65.0 Å². The zero-order chi connectivity index (χ0) is 18.3. The molecule has 0 unspecified atom stereocenters. The molecular formula is C21H31IN4. The van der Waals surface area contributed by atoms with E-state index in [1.165, 1.54) is 16.7 Å². The minimum absolute atomic E-state index is 0. The van der Waals surface area contributed by atoms with Crippen LogP contribution in [0.25, 0.3) is 0 Å². The summed E-state index contributed by atoms with van der Waals surface area (Å²) >= 11 is 0. The summed E-state index contributed by atoms with van der Waals surface area (Å²) in [4.78, 5) is 8.74. The van der Waals surface area contributed by atoms with Gasteiger partial charge in [-0.15, -0.1) is 24.0 Å². The summed E-state index contributed by atoms with van der Waals surface area (Å²) in [6.45, 7) is 10.2. The quantitative estimate of drug-likeness (QED) is 0.381. The molecule has 0 saturated carbocycles. The number of benzene rings is 1. The van der Waals surface area contributed by atoms with E-state index in [0.29, 0.717) is 6.54 Å². The van der Waals surface area contributed by atoms with Gasteiger partial charge in [0.05, 0.1) is 12.2 Å². The highest BCUT2D eigenvalue weighted by Crippen LogP contribution is 2.22. The number of hydrogen-bond donors (Lipinski definition) is 2. The van der Waals surface area contributed by atoms with Crippen molar-refractivity contribution in [3.63, 3.8) is 0 Å². The molecule has 1 aromatic heterocycles. The van der Waals surface area contributed by atoms with Gasteiger partial charge in [-0.3, -0.25) is 9.98 Å². The zero-order valence-electron chi connectivity index (χ0n) is 16.5. The highest BCUT2D eigenvalue weighted by Gasteiger charge is 2.20. The van der Waals surface area contributed by atoms with Gasteiger partial charge in [0, 0.05) is 25.2 Å². The van der Waals surface area contributed by atoms with Gasteiger partial charge in [-0.05, 0) is 36.1 Å². The molecule has 2 rings (SSSR count). The normalized spacial score (nSPS) is 11.7. The second-order valence-corrected chi connectivity index (χ2v) is 6.98. The molecule has 0 atom stereocenters. The fraction of sp³-hybridized carbons (Fsp3) is 0.429. The minimum atomic E-state index is 0. The minimum Gasteiger partial charge on any atom is -0.356 e. The molecule has 26 heavy (non-hydrogen) atoms. The van der Waals surface area contributed by atoms with Gasteiger partial charge in [-0.25, -0.2) is 0 Å². The van der Waals surface area contributed by atoms with Crippen molar-refractivity contribution in [1.82, 2.24) is 15.6 Å². The van der Waals surface area contributed by atoms with Gasteiger partial charge in [-0.2, -0.15) is 0 Å². The molecule has 0 spiro atoms. The Kier molecular flexibility index (Phi) is 9.05. The van der Waals surface area contributed by atoms with Crippen molar-refractivity contribution < 1.29 is 0 Å². The first kappa shape index (κ1) is 22.4. The first-order chi connectivity index (χ1) is 12.0. The molecule has 0 bridgehead atoms. The summed E-state index contributed by atoms with van der Waals surface area (Å²) in [7, 11) is 1.80. The maximum absolute atomic E-state index is 4.41. The Morgan fingerprint density at radius 2 is 1.81 bits per heavy atom. The summed E-state index contributed by atoms with van der Waals surface area (Å²) in [6.07, 6.45) is 2.89. The van der Waals surface area contributed by atoms with Crippen LogP contribution >= 0.6 is 24.0 Å². The van der Waals surface area contributed by atoms with Crippen LogP contribution in [-0.4, -0.2) is 24.5 Å². The predicted molar refractivity (Wildman–Crippen MR) is 121 cm³/mol. The lowest BCUT2D eigenvalue weighted by atomic mass is 9.84. The van der Waals surface area contributed by atoms with Crippen LogP contribution in [0.2, 0.25) is 0 Å². The maximum atomic E-state index is 4.41. The number of aromatic nitrogens is 1. The van der Waals surface area contributed by atoms with E-state index in [0.717, 1.165) is 24.6 Å². The Balaban J connectivity index is 0.00000338. The number of nitrogens with zero attached hydrogens (tertiary/aromatic N) is 2. The first-order valence-electron chi connectivity index (χ1n) is 8.90. The Labute approximate surface area is 174 Å². The van der Waals surface area contributed by atoms with E-state index >= 15 is 0 Å². The number of pyridine rings is 1. The molecular weight excluding hydrogens is 435 g/mol. The lowest BCUT2D eigenvalue weighted by molar-refractivity contribution is 0.508. The van der Waals surface area contributed by atoms with Crippen molar-refractivity contribution in [1.29, 1.82) is 0 Å².